The van der Waals surface area contributed by atoms with Crippen molar-refractivity contribution in [3.8, 4) is 62.1 Å². The van der Waals surface area contributed by atoms with E-state index >= 15 is 0 Å². The molecule has 0 saturated heterocycles. The van der Waals surface area contributed by atoms with Gasteiger partial charge in [-0.25, -0.2) is 15.0 Å². The minimum atomic E-state index is -2.85. The van der Waals surface area contributed by atoms with Crippen molar-refractivity contribution in [1.29, 1.82) is 0 Å². The zero-order valence-electron chi connectivity index (χ0n) is 38.1. The van der Waals surface area contributed by atoms with Crippen LogP contribution in [-0.4, -0.2) is 27.6 Å². The summed E-state index contributed by atoms with van der Waals surface area (Å²) >= 11 is 0. The van der Waals surface area contributed by atoms with Gasteiger partial charge in [-0.1, -0.05) is 237 Å². The van der Waals surface area contributed by atoms with Crippen LogP contribution in [0.15, 0.2) is 261 Å². The lowest BCUT2D eigenvalue weighted by Crippen LogP contribution is -2.74. The Labute approximate surface area is 403 Å². The average Bonchev–Trinajstić information content (AvgIpc) is 3.76. The Morgan fingerprint density at radius 3 is 1.35 bits per heavy atom. The summed E-state index contributed by atoms with van der Waals surface area (Å²) in [6.07, 6.45) is 0. The Bertz CT molecular complexity index is 3620. The number of aryl methyl sites for hydroxylation is 1. The molecule has 0 aliphatic carbocycles. The molecule has 2 aromatic heterocycles. The molecule has 0 bridgehead atoms. The molecule has 0 radical (unpaired) electrons. The first-order valence-electron chi connectivity index (χ1n) is 23.5. The SMILES string of the molecule is Cc1ccccc1-c1ccc2c(c1)c1ccccc1n2-c1cc(-c2nc(-c3ccccc3)nc(-c3ccccc3)n2)ccc1-c1cccc([Si](c2ccccc2)(c2ccccc2)c2ccccc2)c1. The normalized spacial score (nSPS) is 11.6. The van der Waals surface area contributed by atoms with Crippen LogP contribution in [0, 0.1) is 6.92 Å². The highest BCUT2D eigenvalue weighted by Crippen LogP contribution is 2.40. The summed E-state index contributed by atoms with van der Waals surface area (Å²) in [4.78, 5) is 15.5. The van der Waals surface area contributed by atoms with Crippen LogP contribution in [0.25, 0.3) is 83.9 Å². The molecular weight excluding hydrogens is 853 g/mol. The van der Waals surface area contributed by atoms with Gasteiger partial charge in [0.15, 0.2) is 25.5 Å². The van der Waals surface area contributed by atoms with Gasteiger partial charge in [-0.2, -0.15) is 0 Å². The van der Waals surface area contributed by atoms with Crippen molar-refractivity contribution in [1.82, 2.24) is 19.5 Å². The van der Waals surface area contributed by atoms with E-state index in [9.17, 15) is 0 Å². The molecule has 0 amide bonds. The summed E-state index contributed by atoms with van der Waals surface area (Å²) in [5, 5.41) is 7.69. The van der Waals surface area contributed by atoms with Gasteiger partial charge in [0, 0.05) is 33.0 Å². The van der Waals surface area contributed by atoms with Crippen molar-refractivity contribution in [2.75, 3.05) is 0 Å². The van der Waals surface area contributed by atoms with Crippen molar-refractivity contribution in [3.63, 3.8) is 0 Å². The highest BCUT2D eigenvalue weighted by Gasteiger charge is 2.41. The maximum absolute atomic E-state index is 5.22. The van der Waals surface area contributed by atoms with Crippen molar-refractivity contribution in [2.24, 2.45) is 0 Å². The maximum atomic E-state index is 5.22. The van der Waals surface area contributed by atoms with Crippen LogP contribution in [0.3, 0.4) is 0 Å². The lowest BCUT2D eigenvalue weighted by atomic mass is 9.98. The molecule has 5 heteroatoms. The summed E-state index contributed by atoms with van der Waals surface area (Å²) in [5.74, 6) is 1.86. The Morgan fingerprint density at radius 2 is 0.754 bits per heavy atom. The number of rotatable bonds is 10. The molecule has 2 heterocycles. The van der Waals surface area contributed by atoms with Crippen molar-refractivity contribution < 1.29 is 0 Å². The van der Waals surface area contributed by atoms with E-state index < -0.39 is 8.07 Å². The van der Waals surface area contributed by atoms with Gasteiger partial charge in [-0.3, -0.25) is 0 Å². The average molecular weight is 899 g/mol. The summed E-state index contributed by atoms with van der Waals surface area (Å²) in [6.45, 7) is 2.19. The lowest BCUT2D eigenvalue weighted by Gasteiger charge is -2.34. The second-order valence-electron chi connectivity index (χ2n) is 17.6. The fourth-order valence-corrected chi connectivity index (χ4v) is 15.1. The van der Waals surface area contributed by atoms with Gasteiger partial charge in [-0.15, -0.1) is 0 Å². The van der Waals surface area contributed by atoms with Crippen molar-refractivity contribution in [2.45, 2.75) is 6.92 Å². The molecule has 0 aliphatic rings. The van der Waals surface area contributed by atoms with Crippen molar-refractivity contribution in [3.05, 3.63) is 266 Å². The predicted octanol–water partition coefficient (Wildman–Crippen LogP) is 13.0. The van der Waals surface area contributed by atoms with Gasteiger partial charge in [0.2, 0.25) is 0 Å². The third-order valence-corrected chi connectivity index (χ3v) is 18.3. The fourth-order valence-electron chi connectivity index (χ4n) is 10.3. The molecular formula is C64H46N4Si. The first-order chi connectivity index (χ1) is 34.1. The summed E-state index contributed by atoms with van der Waals surface area (Å²) in [5.41, 5.74) is 11.9. The van der Waals surface area contributed by atoms with Crippen molar-refractivity contribution >= 4 is 50.6 Å². The molecule has 0 saturated carbocycles. The summed E-state index contributed by atoms with van der Waals surface area (Å²) in [6, 6.07) is 94.3. The van der Waals surface area contributed by atoms with Gasteiger partial charge >= 0.3 is 0 Å². The third kappa shape index (κ3) is 7.46. The van der Waals surface area contributed by atoms with Gasteiger partial charge in [0.25, 0.3) is 0 Å². The molecule has 326 valence electrons. The molecule has 12 aromatic rings. The number of benzene rings is 10. The van der Waals surface area contributed by atoms with E-state index in [-0.39, 0.29) is 0 Å². The minimum absolute atomic E-state index is 0.607. The molecule has 10 aromatic carbocycles. The van der Waals surface area contributed by atoms with Crippen LogP contribution < -0.4 is 20.7 Å². The van der Waals surface area contributed by atoms with Gasteiger partial charge in [0.05, 0.1) is 16.7 Å². The second kappa shape index (κ2) is 17.8. The van der Waals surface area contributed by atoms with E-state index in [4.69, 9.17) is 15.0 Å². The number of nitrogens with zero attached hydrogens (tertiary/aromatic N) is 4. The highest BCUT2D eigenvalue weighted by molar-refractivity contribution is 7.19. The zero-order valence-corrected chi connectivity index (χ0v) is 39.1. The van der Waals surface area contributed by atoms with Crippen LogP contribution in [-0.2, 0) is 0 Å². The topological polar surface area (TPSA) is 43.6 Å². The fraction of sp³-hybridized carbons (Fsp3) is 0.0156. The molecule has 0 fully saturated rings. The monoisotopic (exact) mass is 898 g/mol. The largest absolute Gasteiger partial charge is 0.309 e. The van der Waals surface area contributed by atoms with Crippen LogP contribution in [0.1, 0.15) is 5.56 Å². The molecule has 4 nitrogen and oxygen atoms in total. The number of para-hydroxylation sites is 1. The smallest absolute Gasteiger partial charge is 0.179 e. The predicted molar refractivity (Wildman–Crippen MR) is 290 cm³/mol. The molecule has 0 aliphatic heterocycles. The van der Waals surface area contributed by atoms with Crippen LogP contribution in [0.4, 0.5) is 0 Å². The third-order valence-electron chi connectivity index (χ3n) is 13.6. The Kier molecular flexibility index (Phi) is 10.7. The standard InChI is InChI=1S/C64H46N4Si/c1-45-22-17-18-35-55(45)49-39-41-60-58(43-49)57-36-19-20-37-59(57)68(60)61-44-50(64-66-62(46-23-7-2-8-24-46)65-63(67-64)47-25-9-3-10-26-47)38-40-56(61)48-27-21-34-54(42-48)69(51-28-11-4-12-29-51,52-30-13-5-14-31-52)53-32-15-6-16-33-53/h2-44H,1H3. The van der Waals surface area contributed by atoms with E-state index in [0.717, 1.165) is 44.5 Å². The molecule has 0 unspecified atom stereocenters. The highest BCUT2D eigenvalue weighted by atomic mass is 28.3. The Balaban J connectivity index is 1.14. The molecule has 0 atom stereocenters. The second-order valence-corrected chi connectivity index (χ2v) is 21.4. The molecule has 0 spiro atoms. The van der Waals surface area contributed by atoms with Gasteiger partial charge < -0.3 is 4.57 Å². The van der Waals surface area contributed by atoms with E-state index in [1.54, 1.807) is 0 Å². The van der Waals surface area contributed by atoms with E-state index in [0.29, 0.717) is 17.5 Å². The molecule has 12 rings (SSSR count). The summed E-state index contributed by atoms with van der Waals surface area (Å²) < 4.78 is 2.45. The number of hydrogen-bond donors (Lipinski definition) is 0. The molecule has 69 heavy (non-hydrogen) atoms. The van der Waals surface area contributed by atoms with Gasteiger partial charge in [0.1, 0.15) is 0 Å². The number of hydrogen-bond acceptors (Lipinski definition) is 3. The Hall–Kier alpha value is -8.77. The summed E-state index contributed by atoms with van der Waals surface area (Å²) in [7, 11) is -2.85. The minimum Gasteiger partial charge on any atom is -0.309 e. The number of fused-ring (bicyclic) bond motifs is 3. The van der Waals surface area contributed by atoms with E-state index in [1.807, 2.05) is 36.4 Å². The van der Waals surface area contributed by atoms with Crippen LogP contribution >= 0.6 is 0 Å². The lowest BCUT2D eigenvalue weighted by molar-refractivity contribution is 1.07. The Morgan fingerprint density at radius 1 is 0.304 bits per heavy atom. The maximum Gasteiger partial charge on any atom is 0.179 e. The quantitative estimate of drug-likeness (QED) is 0.101. The van der Waals surface area contributed by atoms with Crippen LogP contribution in [0.5, 0.6) is 0 Å². The van der Waals surface area contributed by atoms with E-state index in [1.165, 1.54) is 48.2 Å². The van der Waals surface area contributed by atoms with Gasteiger partial charge in [-0.05, 0) is 74.2 Å². The number of aromatic nitrogens is 4. The van der Waals surface area contributed by atoms with Crippen LogP contribution in [0.2, 0.25) is 0 Å². The zero-order chi connectivity index (χ0) is 46.2. The first kappa shape index (κ1) is 41.6. The first-order valence-corrected chi connectivity index (χ1v) is 25.5. The van der Waals surface area contributed by atoms with E-state index in [2.05, 4.69) is 236 Å². The molecule has 0 N–H and O–H groups in total.